The molecular formula is C19H19NO5S. The van der Waals surface area contributed by atoms with E-state index in [4.69, 9.17) is 14.2 Å². The molecule has 2 aromatic rings. The van der Waals surface area contributed by atoms with Gasteiger partial charge in [-0.3, -0.25) is 4.72 Å². The number of methoxy groups -OCH3 is 1. The SMILES string of the molecule is COC(=O)c1ccc2c(c1)OCCC2SNC(=O)OCc1ccccc1. The Labute approximate surface area is 156 Å². The Morgan fingerprint density at radius 3 is 2.81 bits per heavy atom. The van der Waals surface area contributed by atoms with E-state index in [1.807, 2.05) is 36.4 Å². The monoisotopic (exact) mass is 373 g/mol. The van der Waals surface area contributed by atoms with E-state index in [9.17, 15) is 9.59 Å². The van der Waals surface area contributed by atoms with Gasteiger partial charge in [0.15, 0.2) is 0 Å². The highest BCUT2D eigenvalue weighted by atomic mass is 32.2. The third-order valence-electron chi connectivity index (χ3n) is 3.92. The molecule has 1 atom stereocenters. The van der Waals surface area contributed by atoms with Gasteiger partial charge in [0.05, 0.1) is 24.5 Å². The summed E-state index contributed by atoms with van der Waals surface area (Å²) in [5, 5.41) is 0.0229. The Hall–Kier alpha value is -2.67. The van der Waals surface area contributed by atoms with Crippen LogP contribution in [0.15, 0.2) is 48.5 Å². The smallest absolute Gasteiger partial charge is 0.417 e. The zero-order valence-electron chi connectivity index (χ0n) is 14.3. The van der Waals surface area contributed by atoms with Crippen LogP contribution in [-0.4, -0.2) is 25.8 Å². The molecule has 1 amide bonds. The molecule has 0 aromatic heterocycles. The molecule has 0 saturated heterocycles. The van der Waals surface area contributed by atoms with Crippen molar-refractivity contribution in [1.29, 1.82) is 0 Å². The summed E-state index contributed by atoms with van der Waals surface area (Å²) in [7, 11) is 1.34. The molecule has 0 radical (unpaired) electrons. The van der Waals surface area contributed by atoms with Crippen molar-refractivity contribution in [2.45, 2.75) is 18.3 Å². The molecule has 1 aliphatic rings. The number of rotatable bonds is 5. The quantitative estimate of drug-likeness (QED) is 0.633. The van der Waals surface area contributed by atoms with Crippen molar-refractivity contribution in [2.75, 3.05) is 13.7 Å². The van der Waals surface area contributed by atoms with Crippen LogP contribution in [0.3, 0.4) is 0 Å². The minimum absolute atomic E-state index is 0.0229. The van der Waals surface area contributed by atoms with Crippen LogP contribution in [0.4, 0.5) is 4.79 Å². The fourth-order valence-electron chi connectivity index (χ4n) is 2.60. The van der Waals surface area contributed by atoms with Crippen LogP contribution in [0.2, 0.25) is 0 Å². The summed E-state index contributed by atoms with van der Waals surface area (Å²) in [5.41, 5.74) is 2.30. The van der Waals surface area contributed by atoms with E-state index in [1.54, 1.807) is 12.1 Å². The highest BCUT2D eigenvalue weighted by Crippen LogP contribution is 2.40. The van der Waals surface area contributed by atoms with Crippen LogP contribution in [0.25, 0.3) is 0 Å². The summed E-state index contributed by atoms with van der Waals surface area (Å²) in [6, 6.07) is 14.7. The van der Waals surface area contributed by atoms with Gasteiger partial charge >= 0.3 is 12.1 Å². The Kier molecular flexibility index (Phi) is 6.01. The molecule has 7 heteroatoms. The summed E-state index contributed by atoms with van der Waals surface area (Å²) in [6.45, 7) is 0.732. The number of carbonyl (C=O) groups excluding carboxylic acids is 2. The zero-order valence-corrected chi connectivity index (χ0v) is 15.1. The lowest BCUT2D eigenvalue weighted by molar-refractivity contribution is 0.0600. The second kappa shape index (κ2) is 8.62. The summed E-state index contributed by atoms with van der Waals surface area (Å²) in [5.74, 6) is 0.227. The average molecular weight is 373 g/mol. The normalized spacial score (nSPS) is 15.3. The fraction of sp³-hybridized carbons (Fsp3) is 0.263. The topological polar surface area (TPSA) is 73.9 Å². The number of hydrogen-bond donors (Lipinski definition) is 1. The van der Waals surface area contributed by atoms with Crippen LogP contribution < -0.4 is 9.46 Å². The minimum Gasteiger partial charge on any atom is -0.493 e. The standard InChI is InChI=1S/C19H19NO5S/c1-23-18(21)14-7-8-15-16(11-14)24-10-9-17(15)26-20-19(22)25-12-13-5-3-2-4-6-13/h2-8,11,17H,9-10,12H2,1H3,(H,20,22). The van der Waals surface area contributed by atoms with Gasteiger partial charge in [-0.1, -0.05) is 36.4 Å². The van der Waals surface area contributed by atoms with Gasteiger partial charge in [-0.2, -0.15) is 0 Å². The second-order valence-corrected chi connectivity index (χ2v) is 6.66. The van der Waals surface area contributed by atoms with Gasteiger partial charge in [0, 0.05) is 5.56 Å². The predicted octanol–water partition coefficient (Wildman–Crippen LogP) is 3.87. The lowest BCUT2D eigenvalue weighted by Gasteiger charge is -2.25. The Balaban J connectivity index is 1.56. The number of ether oxygens (including phenoxy) is 3. The third-order valence-corrected chi connectivity index (χ3v) is 4.98. The first-order valence-electron chi connectivity index (χ1n) is 8.15. The number of amides is 1. The maximum absolute atomic E-state index is 11.9. The molecule has 0 spiro atoms. The van der Waals surface area contributed by atoms with Crippen molar-refractivity contribution in [2.24, 2.45) is 0 Å². The number of nitrogens with one attached hydrogen (secondary N) is 1. The van der Waals surface area contributed by atoms with Crippen LogP contribution in [0, 0.1) is 0 Å². The van der Waals surface area contributed by atoms with Crippen molar-refractivity contribution >= 4 is 24.0 Å². The summed E-state index contributed by atoms with van der Waals surface area (Å²) >= 11 is 1.28. The zero-order chi connectivity index (χ0) is 18.4. The third kappa shape index (κ3) is 4.49. The number of carbonyl (C=O) groups is 2. The van der Waals surface area contributed by atoms with E-state index in [0.717, 1.165) is 17.5 Å². The second-order valence-electron chi connectivity index (χ2n) is 5.65. The lowest BCUT2D eigenvalue weighted by atomic mass is 10.0. The Bertz CT molecular complexity index is 781. The Morgan fingerprint density at radius 2 is 2.04 bits per heavy atom. The highest BCUT2D eigenvalue weighted by molar-refractivity contribution is 7.98. The van der Waals surface area contributed by atoms with Gasteiger partial charge in [0.2, 0.25) is 0 Å². The maximum atomic E-state index is 11.9. The Morgan fingerprint density at radius 1 is 1.23 bits per heavy atom. The predicted molar refractivity (Wildman–Crippen MR) is 98.0 cm³/mol. The molecule has 0 bridgehead atoms. The van der Waals surface area contributed by atoms with Gasteiger partial charge < -0.3 is 14.2 Å². The first-order chi connectivity index (χ1) is 12.7. The molecule has 1 N–H and O–H groups in total. The lowest BCUT2D eigenvalue weighted by Crippen LogP contribution is -2.21. The van der Waals surface area contributed by atoms with Gasteiger partial charge in [-0.25, -0.2) is 9.59 Å². The highest BCUT2D eigenvalue weighted by Gasteiger charge is 2.24. The molecule has 1 heterocycles. The average Bonchev–Trinajstić information content (AvgIpc) is 2.70. The van der Waals surface area contributed by atoms with Gasteiger partial charge in [-0.15, -0.1) is 0 Å². The van der Waals surface area contributed by atoms with E-state index in [1.165, 1.54) is 19.1 Å². The number of hydrogen-bond acceptors (Lipinski definition) is 6. The van der Waals surface area contributed by atoms with Gasteiger partial charge in [0.25, 0.3) is 0 Å². The molecule has 1 unspecified atom stereocenters. The van der Waals surface area contributed by atoms with Crippen LogP contribution in [0.1, 0.15) is 33.2 Å². The minimum atomic E-state index is -0.488. The molecule has 26 heavy (non-hydrogen) atoms. The number of fused-ring (bicyclic) bond motifs is 1. The van der Waals surface area contributed by atoms with E-state index in [2.05, 4.69) is 4.72 Å². The molecule has 0 fully saturated rings. The fourth-order valence-corrected chi connectivity index (χ4v) is 3.43. The molecule has 136 valence electrons. The molecule has 1 aliphatic heterocycles. The summed E-state index contributed by atoms with van der Waals surface area (Å²) in [4.78, 5) is 23.5. The van der Waals surface area contributed by atoms with Crippen molar-refractivity contribution in [3.8, 4) is 5.75 Å². The summed E-state index contributed by atoms with van der Waals surface area (Å²) in [6.07, 6.45) is 0.256. The summed E-state index contributed by atoms with van der Waals surface area (Å²) < 4.78 is 18.3. The van der Waals surface area contributed by atoms with E-state index < -0.39 is 12.1 Å². The maximum Gasteiger partial charge on any atom is 0.417 e. The molecule has 6 nitrogen and oxygen atoms in total. The van der Waals surface area contributed by atoms with E-state index in [-0.39, 0.29) is 11.9 Å². The van der Waals surface area contributed by atoms with Crippen molar-refractivity contribution < 1.29 is 23.8 Å². The molecule has 3 rings (SSSR count). The molecule has 2 aromatic carbocycles. The first-order valence-corrected chi connectivity index (χ1v) is 9.02. The van der Waals surface area contributed by atoms with Gasteiger partial charge in [-0.05, 0) is 36.1 Å². The van der Waals surface area contributed by atoms with Crippen LogP contribution in [0.5, 0.6) is 5.75 Å². The molecule has 0 aliphatic carbocycles. The molecule has 0 saturated carbocycles. The van der Waals surface area contributed by atoms with Crippen molar-refractivity contribution in [1.82, 2.24) is 4.72 Å². The number of esters is 1. The van der Waals surface area contributed by atoms with Gasteiger partial charge in [0.1, 0.15) is 12.4 Å². The van der Waals surface area contributed by atoms with E-state index in [0.29, 0.717) is 17.9 Å². The van der Waals surface area contributed by atoms with Crippen molar-refractivity contribution in [3.05, 3.63) is 65.2 Å². The van der Waals surface area contributed by atoms with E-state index >= 15 is 0 Å². The number of benzene rings is 2. The first kappa shape index (κ1) is 18.1. The molecular weight excluding hydrogens is 354 g/mol. The van der Waals surface area contributed by atoms with Crippen LogP contribution in [-0.2, 0) is 16.1 Å². The largest absolute Gasteiger partial charge is 0.493 e. The van der Waals surface area contributed by atoms with Crippen molar-refractivity contribution in [3.63, 3.8) is 0 Å². The van der Waals surface area contributed by atoms with Crippen LogP contribution >= 0.6 is 11.9 Å².